The highest BCUT2D eigenvalue weighted by Crippen LogP contribution is 2.29. The molecule has 0 bridgehead atoms. The van der Waals surface area contributed by atoms with Crippen LogP contribution in [0.4, 0.5) is 0 Å². The number of benzene rings is 1. The molecule has 0 aliphatic heterocycles. The summed E-state index contributed by atoms with van der Waals surface area (Å²) in [6, 6.07) is 5.70. The van der Waals surface area contributed by atoms with Gasteiger partial charge in [-0.05, 0) is 25.0 Å². The van der Waals surface area contributed by atoms with Gasteiger partial charge in [0.25, 0.3) is 0 Å². The summed E-state index contributed by atoms with van der Waals surface area (Å²) in [5, 5.41) is 5.70. The van der Waals surface area contributed by atoms with E-state index in [0.29, 0.717) is 11.4 Å². The van der Waals surface area contributed by atoms with Gasteiger partial charge in [0.15, 0.2) is 0 Å². The summed E-state index contributed by atoms with van der Waals surface area (Å²) in [7, 11) is 1.87. The fourth-order valence-corrected chi connectivity index (χ4v) is 2.68. The smallest absolute Gasteiger partial charge is 0.0847 e. The lowest BCUT2D eigenvalue weighted by atomic mass is 10.0. The number of hydrogen-bond acceptors (Lipinski definition) is 2. The molecule has 1 heterocycles. The van der Waals surface area contributed by atoms with Crippen molar-refractivity contribution in [1.82, 2.24) is 9.78 Å². The normalized spacial score (nSPS) is 12.7. The first-order valence-electron chi connectivity index (χ1n) is 6.10. The van der Waals surface area contributed by atoms with E-state index in [2.05, 4.69) is 5.10 Å². The van der Waals surface area contributed by atoms with Gasteiger partial charge in [-0.1, -0.05) is 41.4 Å². The van der Waals surface area contributed by atoms with Crippen molar-refractivity contribution in [2.45, 2.75) is 26.3 Å². The molecule has 0 amide bonds. The van der Waals surface area contributed by atoms with Gasteiger partial charge in [-0.2, -0.15) is 5.10 Å². The Morgan fingerprint density at radius 1 is 1.26 bits per heavy atom. The third-order valence-corrected chi connectivity index (χ3v) is 4.30. The molecule has 0 fully saturated rings. The summed E-state index contributed by atoms with van der Waals surface area (Å²) in [6.07, 6.45) is 0.610. The number of nitrogens with zero attached hydrogens (tertiary/aromatic N) is 2. The van der Waals surface area contributed by atoms with Crippen LogP contribution in [0.15, 0.2) is 18.2 Å². The van der Waals surface area contributed by atoms with Gasteiger partial charge in [-0.15, -0.1) is 0 Å². The lowest BCUT2D eigenvalue weighted by Gasteiger charge is -2.15. The zero-order chi connectivity index (χ0) is 14.2. The van der Waals surface area contributed by atoms with E-state index in [-0.39, 0.29) is 6.04 Å². The number of rotatable bonds is 3. The zero-order valence-electron chi connectivity index (χ0n) is 11.2. The minimum atomic E-state index is -0.195. The zero-order valence-corrected chi connectivity index (χ0v) is 12.8. The molecule has 2 N–H and O–H groups in total. The molecule has 3 nitrogen and oxygen atoms in total. The van der Waals surface area contributed by atoms with Crippen LogP contribution in [-0.4, -0.2) is 9.78 Å². The molecule has 2 rings (SSSR count). The van der Waals surface area contributed by atoms with Crippen LogP contribution in [0.5, 0.6) is 0 Å². The first-order valence-corrected chi connectivity index (χ1v) is 6.86. The Hall–Kier alpha value is -1.03. The highest BCUT2D eigenvalue weighted by molar-refractivity contribution is 6.32. The molecule has 1 aromatic carbocycles. The Morgan fingerprint density at radius 3 is 2.53 bits per heavy atom. The third kappa shape index (κ3) is 2.78. The van der Waals surface area contributed by atoms with Crippen molar-refractivity contribution in [2.24, 2.45) is 12.8 Å². The SMILES string of the molecule is Cc1cccc(C(N)Cc2c(Cl)c(C)nn2C)c1Cl. The van der Waals surface area contributed by atoms with Crippen LogP contribution >= 0.6 is 23.2 Å². The summed E-state index contributed by atoms with van der Waals surface area (Å²) in [5.74, 6) is 0. The molecule has 102 valence electrons. The van der Waals surface area contributed by atoms with Gasteiger partial charge < -0.3 is 5.73 Å². The van der Waals surface area contributed by atoms with Crippen molar-refractivity contribution in [3.8, 4) is 0 Å². The summed E-state index contributed by atoms with van der Waals surface area (Å²) in [6.45, 7) is 3.86. The van der Waals surface area contributed by atoms with Gasteiger partial charge in [0.1, 0.15) is 0 Å². The molecule has 0 spiro atoms. The molecule has 0 saturated carbocycles. The van der Waals surface area contributed by atoms with E-state index in [0.717, 1.165) is 27.5 Å². The van der Waals surface area contributed by atoms with Crippen molar-refractivity contribution < 1.29 is 0 Å². The van der Waals surface area contributed by atoms with Crippen molar-refractivity contribution in [1.29, 1.82) is 0 Å². The molecule has 1 unspecified atom stereocenters. The van der Waals surface area contributed by atoms with E-state index >= 15 is 0 Å². The minimum Gasteiger partial charge on any atom is -0.324 e. The fourth-order valence-electron chi connectivity index (χ4n) is 2.18. The maximum Gasteiger partial charge on any atom is 0.0847 e. The highest BCUT2D eigenvalue weighted by atomic mass is 35.5. The first kappa shape index (κ1) is 14.4. The molecule has 1 aromatic heterocycles. The molecule has 2 aromatic rings. The predicted octanol–water partition coefficient (Wildman–Crippen LogP) is 3.59. The number of nitrogens with two attached hydrogens (primary N) is 1. The Morgan fingerprint density at radius 2 is 1.95 bits per heavy atom. The van der Waals surface area contributed by atoms with Gasteiger partial charge >= 0.3 is 0 Å². The van der Waals surface area contributed by atoms with E-state index in [1.165, 1.54) is 0 Å². The molecule has 0 aliphatic rings. The lowest BCUT2D eigenvalue weighted by Crippen LogP contribution is -2.16. The number of aryl methyl sites for hydroxylation is 3. The third-order valence-electron chi connectivity index (χ3n) is 3.30. The van der Waals surface area contributed by atoms with Gasteiger partial charge in [-0.25, -0.2) is 0 Å². The molecular formula is C14H17Cl2N3. The molecule has 1 atom stereocenters. The largest absolute Gasteiger partial charge is 0.324 e. The standard InChI is InChI=1S/C14H17Cl2N3/c1-8-5-4-6-10(13(8)15)11(17)7-12-14(16)9(2)18-19(12)3/h4-6,11H,7,17H2,1-3H3. The van der Waals surface area contributed by atoms with Crippen LogP contribution in [0.2, 0.25) is 10.0 Å². The summed E-state index contributed by atoms with van der Waals surface area (Å²) < 4.78 is 1.78. The fraction of sp³-hybridized carbons (Fsp3) is 0.357. The molecule has 5 heteroatoms. The van der Waals surface area contributed by atoms with Crippen LogP contribution in [-0.2, 0) is 13.5 Å². The molecular weight excluding hydrogens is 281 g/mol. The van der Waals surface area contributed by atoms with Crippen LogP contribution < -0.4 is 5.73 Å². The van der Waals surface area contributed by atoms with Crippen LogP contribution in [0.1, 0.15) is 28.6 Å². The van der Waals surface area contributed by atoms with Crippen molar-refractivity contribution in [3.63, 3.8) is 0 Å². The molecule has 19 heavy (non-hydrogen) atoms. The highest BCUT2D eigenvalue weighted by Gasteiger charge is 2.17. The Labute approximate surface area is 123 Å². The lowest BCUT2D eigenvalue weighted by molar-refractivity contribution is 0.639. The number of aromatic nitrogens is 2. The van der Waals surface area contributed by atoms with Gasteiger partial charge in [0, 0.05) is 24.5 Å². The molecule has 0 radical (unpaired) electrons. The Bertz CT molecular complexity index is 605. The average Bonchev–Trinajstić information content (AvgIpc) is 2.59. The van der Waals surface area contributed by atoms with Gasteiger partial charge in [0.2, 0.25) is 0 Å². The van der Waals surface area contributed by atoms with Crippen molar-refractivity contribution in [3.05, 3.63) is 50.8 Å². The van der Waals surface area contributed by atoms with E-state index in [9.17, 15) is 0 Å². The second-order valence-corrected chi connectivity index (χ2v) is 5.51. The second-order valence-electron chi connectivity index (χ2n) is 4.76. The number of hydrogen-bond donors (Lipinski definition) is 1. The van der Waals surface area contributed by atoms with E-state index < -0.39 is 0 Å². The quantitative estimate of drug-likeness (QED) is 0.941. The average molecular weight is 298 g/mol. The summed E-state index contributed by atoms with van der Waals surface area (Å²) >= 11 is 12.5. The van der Waals surface area contributed by atoms with Gasteiger partial charge in [0.05, 0.1) is 16.4 Å². The van der Waals surface area contributed by atoms with Crippen LogP contribution in [0.25, 0.3) is 0 Å². The summed E-state index contributed by atoms with van der Waals surface area (Å²) in [4.78, 5) is 0. The summed E-state index contributed by atoms with van der Waals surface area (Å²) in [5.41, 5.74) is 9.99. The topological polar surface area (TPSA) is 43.8 Å². The molecule has 0 aliphatic carbocycles. The van der Waals surface area contributed by atoms with E-state index in [1.807, 2.05) is 39.1 Å². The van der Waals surface area contributed by atoms with Crippen molar-refractivity contribution >= 4 is 23.2 Å². The van der Waals surface area contributed by atoms with E-state index in [1.54, 1.807) is 4.68 Å². The van der Waals surface area contributed by atoms with Crippen LogP contribution in [0, 0.1) is 13.8 Å². The minimum absolute atomic E-state index is 0.195. The van der Waals surface area contributed by atoms with Crippen LogP contribution in [0.3, 0.4) is 0 Å². The maximum absolute atomic E-state index is 6.30. The number of halogens is 2. The Balaban J connectivity index is 2.31. The second kappa shape index (κ2) is 5.53. The van der Waals surface area contributed by atoms with Gasteiger partial charge in [-0.3, -0.25) is 4.68 Å². The Kier molecular flexibility index (Phi) is 4.19. The maximum atomic E-state index is 6.30. The molecule has 0 saturated heterocycles. The predicted molar refractivity (Wildman–Crippen MR) is 79.8 cm³/mol. The van der Waals surface area contributed by atoms with E-state index in [4.69, 9.17) is 28.9 Å². The monoisotopic (exact) mass is 297 g/mol. The van der Waals surface area contributed by atoms with Crippen molar-refractivity contribution in [2.75, 3.05) is 0 Å². The first-order chi connectivity index (χ1) is 8.91.